The fraction of sp³-hybridized carbons (Fsp3) is 0.396. The van der Waals surface area contributed by atoms with E-state index in [2.05, 4.69) is 41.2 Å². The zero-order valence-corrected chi connectivity index (χ0v) is 43.9. The van der Waals surface area contributed by atoms with Crippen LogP contribution < -0.4 is 40.2 Å². The van der Waals surface area contributed by atoms with Gasteiger partial charge in [-0.15, -0.1) is 0 Å². The van der Waals surface area contributed by atoms with Gasteiger partial charge in [-0.05, 0) is 63.6 Å². The number of morpholine rings is 1. The van der Waals surface area contributed by atoms with Gasteiger partial charge in [-0.3, -0.25) is 24.5 Å². The van der Waals surface area contributed by atoms with Crippen molar-refractivity contribution in [2.45, 2.75) is 63.7 Å². The van der Waals surface area contributed by atoms with Crippen LogP contribution in [0.25, 0.3) is 22.5 Å². The minimum absolute atomic E-state index is 0.00503. The molecule has 18 nitrogen and oxygen atoms in total. The van der Waals surface area contributed by atoms with Crippen molar-refractivity contribution in [1.82, 2.24) is 35.5 Å². The lowest BCUT2D eigenvalue weighted by Gasteiger charge is -2.32. The number of aliphatic hydroxyl groups excluding tert-OH is 1. The summed E-state index contributed by atoms with van der Waals surface area (Å²) in [6.07, 6.45) is 4.85. The first kappa shape index (κ1) is 54.6. The van der Waals surface area contributed by atoms with E-state index < -0.39 is 12.0 Å². The molecule has 2 aromatic carbocycles. The molecule has 75 heavy (non-hydrogen) atoms. The maximum absolute atomic E-state index is 13.2. The second kappa shape index (κ2) is 24.3. The number of anilines is 4. The zero-order valence-electron chi connectivity index (χ0n) is 42.4. The molecule has 3 aliphatic rings. The first-order chi connectivity index (χ1) is 36.1. The fourth-order valence-electron chi connectivity index (χ4n) is 9.17. The van der Waals surface area contributed by atoms with E-state index in [0.717, 1.165) is 11.4 Å². The van der Waals surface area contributed by atoms with Gasteiger partial charge in [0, 0.05) is 86.6 Å². The normalized spacial score (nSPS) is 17.5. The Bertz CT molecular complexity index is 2970. The molecule has 4 aromatic heterocycles. The highest BCUT2D eigenvalue weighted by atomic mass is 35.5. The van der Waals surface area contributed by atoms with Gasteiger partial charge in [0.25, 0.3) is 18.2 Å². The number of aromatic amines is 2. The number of H-pyrrole nitrogens is 2. The summed E-state index contributed by atoms with van der Waals surface area (Å²) in [5.74, 6) is 1.37. The molecule has 9 rings (SSSR count). The van der Waals surface area contributed by atoms with E-state index in [1.165, 1.54) is 14.2 Å². The Labute approximate surface area is 443 Å². The number of nitrogens with one attached hydrogen (secondary N) is 6. The monoisotopic (exact) mass is 1080 g/mol. The van der Waals surface area contributed by atoms with Crippen LogP contribution in [0.1, 0.15) is 65.2 Å². The molecule has 0 bridgehead atoms. The van der Waals surface area contributed by atoms with E-state index in [0.29, 0.717) is 135 Å². The lowest BCUT2D eigenvalue weighted by atomic mass is 9.94. The molecular weight excluding hydrogens is 1020 g/mol. The van der Waals surface area contributed by atoms with Crippen molar-refractivity contribution in [1.29, 1.82) is 0 Å². The number of nitrogens with zero attached hydrogens (tertiary/aromatic N) is 3. The topological polar surface area (TPSA) is 218 Å². The third kappa shape index (κ3) is 12.5. The summed E-state index contributed by atoms with van der Waals surface area (Å²) in [6, 6.07) is 14.2. The maximum atomic E-state index is 13.2. The number of alkyl halides is 2. The van der Waals surface area contributed by atoms with Crippen LogP contribution in [0.4, 0.5) is 31.5 Å². The molecular formula is C53H61Cl2F2N9O9. The van der Waals surface area contributed by atoms with Crippen molar-refractivity contribution >= 4 is 57.8 Å². The molecule has 0 aliphatic carbocycles. The lowest BCUT2D eigenvalue weighted by Crippen LogP contribution is -2.46. The van der Waals surface area contributed by atoms with Crippen LogP contribution in [-0.2, 0) is 15.9 Å². The van der Waals surface area contributed by atoms with Crippen molar-refractivity contribution in [3.8, 4) is 45.5 Å². The molecule has 2 amide bonds. The van der Waals surface area contributed by atoms with Crippen molar-refractivity contribution in [2.24, 2.45) is 0 Å². The number of rotatable bonds is 19. The lowest BCUT2D eigenvalue weighted by molar-refractivity contribution is -0.0604. The molecule has 1 unspecified atom stereocenters. The molecule has 1 fully saturated rings. The summed E-state index contributed by atoms with van der Waals surface area (Å²) in [5.41, 5.74) is 6.92. The number of amides is 2. The number of fused-ring (bicyclic) bond motifs is 2. The van der Waals surface area contributed by atoms with Crippen LogP contribution in [0.15, 0.2) is 73.3 Å². The van der Waals surface area contributed by atoms with E-state index in [9.17, 15) is 23.5 Å². The van der Waals surface area contributed by atoms with E-state index in [-0.39, 0.29) is 49.6 Å². The number of aromatic nitrogens is 4. The van der Waals surface area contributed by atoms with E-state index in [1.807, 2.05) is 39.0 Å². The second-order valence-electron chi connectivity index (χ2n) is 18.7. The number of halogens is 4. The Morgan fingerprint density at radius 1 is 0.867 bits per heavy atom. The zero-order chi connectivity index (χ0) is 53.4. The number of hydrogen-bond donors (Lipinski definition) is 7. The molecule has 400 valence electrons. The smallest absolute Gasteiger partial charge is 0.255 e. The molecule has 7 N–H and O–H groups in total. The number of carbonyl (C=O) groups is 2. The third-order valence-corrected chi connectivity index (χ3v) is 13.6. The van der Waals surface area contributed by atoms with Gasteiger partial charge in [-0.2, -0.15) is 0 Å². The van der Waals surface area contributed by atoms with Gasteiger partial charge in [0.05, 0.1) is 101 Å². The number of para-hydroxylation sites is 2. The Hall–Kier alpha value is -6.68. The molecule has 6 aromatic rings. The van der Waals surface area contributed by atoms with Gasteiger partial charge >= 0.3 is 0 Å². The summed E-state index contributed by atoms with van der Waals surface area (Å²) in [4.78, 5) is 43.3. The van der Waals surface area contributed by atoms with Crippen LogP contribution in [-0.4, -0.2) is 140 Å². The van der Waals surface area contributed by atoms with Crippen molar-refractivity contribution in [3.63, 3.8) is 0 Å². The van der Waals surface area contributed by atoms with Gasteiger partial charge in [0.1, 0.15) is 30.8 Å². The molecule has 7 heterocycles. The minimum Gasteiger partial charge on any atom is -0.493 e. The van der Waals surface area contributed by atoms with Crippen LogP contribution in [0.2, 0.25) is 10.0 Å². The minimum atomic E-state index is -2.41. The third-order valence-electron chi connectivity index (χ3n) is 13.0. The molecule has 3 atom stereocenters. The number of methoxy groups -OCH3 is 3. The van der Waals surface area contributed by atoms with Crippen molar-refractivity contribution in [2.75, 3.05) is 84.6 Å². The number of pyridine rings is 2. The predicted molar refractivity (Wildman–Crippen MR) is 282 cm³/mol. The quantitative estimate of drug-likeness (QED) is 0.0403. The summed E-state index contributed by atoms with van der Waals surface area (Å²) >= 11 is 12.7. The second-order valence-corrected chi connectivity index (χ2v) is 19.5. The number of benzene rings is 2. The molecule has 0 spiro atoms. The summed E-state index contributed by atoms with van der Waals surface area (Å²) in [7, 11) is 4.70. The summed E-state index contributed by atoms with van der Waals surface area (Å²) in [6.45, 7) is 7.52. The Kier molecular flexibility index (Phi) is 17.7. The predicted octanol–water partition coefficient (Wildman–Crippen LogP) is 9.00. The molecule has 1 saturated heterocycles. The van der Waals surface area contributed by atoms with Crippen LogP contribution in [0.3, 0.4) is 0 Å². The molecule has 0 radical (unpaired) electrons. The molecule has 3 aliphatic heterocycles. The maximum Gasteiger partial charge on any atom is 0.255 e. The van der Waals surface area contributed by atoms with Gasteiger partial charge in [-0.1, -0.05) is 35.3 Å². The highest BCUT2D eigenvalue weighted by Crippen LogP contribution is 2.46. The molecule has 0 saturated carbocycles. The Balaban J connectivity index is 0.000000200. The first-order valence-electron chi connectivity index (χ1n) is 24.3. The SMILES string of the molecule is COc1c(Cl)cccc1Nc1c(-c2ccncc2OCC(C)(C)OC)[nH]c2c1C(=O)NCC2CCO.COc1c(Cl)cccc1Nc1c(-c2ccncc2OC[C@@H]2CN(CC(F)F)CCO2)[nH]c2c1C(=O)N[C@H](C)C2. The van der Waals surface area contributed by atoms with E-state index in [4.69, 9.17) is 51.6 Å². The first-order valence-corrected chi connectivity index (χ1v) is 25.1. The van der Waals surface area contributed by atoms with Gasteiger partial charge in [0.15, 0.2) is 11.5 Å². The Morgan fingerprint density at radius 3 is 2.08 bits per heavy atom. The standard InChI is InChI=1S/C27H30ClF2N5O4.C26H31ClN4O5/c1-15-10-20-23(27(36)32-15)25(33-19-5-3-4-18(28)26(19)37-2)24(34-20)17-6-7-31-11-21(17)39-14-16-12-35(8-9-38-16)13-22(29)30;1-26(2,35-4)14-36-19-13-28-10-8-16(19)22-23(30-18-7-5-6-17(27)24(18)34-3)20-21(31-22)15(9-11-32)12-29-25(20)33/h3-7,11,15-16,22,33-34H,8-10,12-14H2,1-2H3,(H,32,36);5-8,10,13,15,30-32H,9,11-12,14H2,1-4H3,(H,29,33)/t15-,16+;/m1./s1. The number of hydrogen-bond acceptors (Lipinski definition) is 14. The van der Waals surface area contributed by atoms with Crippen molar-refractivity contribution in [3.05, 3.63) is 106 Å². The van der Waals surface area contributed by atoms with E-state index >= 15 is 0 Å². The highest BCUT2D eigenvalue weighted by Gasteiger charge is 2.35. The molecule has 22 heteroatoms. The van der Waals surface area contributed by atoms with Gasteiger partial charge in [-0.25, -0.2) is 8.78 Å². The fourth-order valence-corrected chi connectivity index (χ4v) is 9.67. The van der Waals surface area contributed by atoms with E-state index in [1.54, 1.807) is 67.1 Å². The van der Waals surface area contributed by atoms with Crippen LogP contribution in [0, 0.1) is 0 Å². The number of carbonyl (C=O) groups excluding carboxylic acids is 2. The van der Waals surface area contributed by atoms with Crippen molar-refractivity contribution < 1.29 is 51.9 Å². The average molecular weight is 1080 g/mol. The Morgan fingerprint density at radius 2 is 1.48 bits per heavy atom. The van der Waals surface area contributed by atoms with Crippen LogP contribution in [0.5, 0.6) is 23.0 Å². The number of aliphatic hydroxyl groups is 1. The van der Waals surface area contributed by atoms with Gasteiger partial charge in [0.2, 0.25) is 0 Å². The van der Waals surface area contributed by atoms with Crippen LogP contribution >= 0.6 is 23.2 Å². The highest BCUT2D eigenvalue weighted by molar-refractivity contribution is 6.33. The summed E-state index contributed by atoms with van der Waals surface area (Å²) in [5, 5.41) is 23.2. The summed E-state index contributed by atoms with van der Waals surface area (Å²) < 4.78 is 60.3. The number of ether oxygens (including phenoxy) is 6. The van der Waals surface area contributed by atoms with Gasteiger partial charge < -0.3 is 64.8 Å². The average Bonchev–Trinajstić information content (AvgIpc) is 3.96. The largest absolute Gasteiger partial charge is 0.493 e.